The van der Waals surface area contributed by atoms with Crippen LogP contribution >= 0.6 is 0 Å². The number of hydrogen-bond acceptors (Lipinski definition) is 4. The summed E-state index contributed by atoms with van der Waals surface area (Å²) in [4.78, 5) is 4.41. The van der Waals surface area contributed by atoms with Crippen LogP contribution in [0.3, 0.4) is 0 Å². The number of rotatable bonds is 10. The van der Waals surface area contributed by atoms with Gasteiger partial charge in [0.25, 0.3) is 0 Å². The zero-order chi connectivity index (χ0) is 21.1. The molecule has 0 spiro atoms. The van der Waals surface area contributed by atoms with Crippen LogP contribution in [0.25, 0.3) is 0 Å². The summed E-state index contributed by atoms with van der Waals surface area (Å²) < 4.78 is 16.7. The van der Waals surface area contributed by atoms with Crippen molar-refractivity contribution < 1.29 is 14.2 Å². The van der Waals surface area contributed by atoms with E-state index < -0.39 is 0 Å². The third kappa shape index (κ3) is 7.25. The summed E-state index contributed by atoms with van der Waals surface area (Å²) in [5.74, 6) is 0.866. The highest BCUT2D eigenvalue weighted by molar-refractivity contribution is 5.79. The monoisotopic (exact) mass is 417 g/mol. The molecular formula is C24H39N3O3. The van der Waals surface area contributed by atoms with Gasteiger partial charge in [-0.15, -0.1) is 0 Å². The number of nitrogens with one attached hydrogen (secondary N) is 2. The first-order chi connectivity index (χ1) is 14.7. The molecule has 6 nitrogen and oxygen atoms in total. The van der Waals surface area contributed by atoms with Crippen molar-refractivity contribution in [2.45, 2.75) is 64.2 Å². The molecule has 1 aromatic carbocycles. The van der Waals surface area contributed by atoms with Crippen molar-refractivity contribution in [2.75, 3.05) is 40.5 Å². The molecule has 1 saturated carbocycles. The van der Waals surface area contributed by atoms with Gasteiger partial charge in [0.1, 0.15) is 0 Å². The smallest absolute Gasteiger partial charge is 0.191 e. The van der Waals surface area contributed by atoms with Gasteiger partial charge in [0.15, 0.2) is 5.96 Å². The van der Waals surface area contributed by atoms with E-state index in [0.717, 1.165) is 58.1 Å². The van der Waals surface area contributed by atoms with Gasteiger partial charge in [-0.2, -0.15) is 0 Å². The lowest BCUT2D eigenvalue weighted by atomic mass is 9.83. The second kappa shape index (κ2) is 12.3. The number of ether oxygens (including phenoxy) is 3. The molecule has 2 aliphatic rings. The van der Waals surface area contributed by atoms with Gasteiger partial charge in [-0.3, -0.25) is 4.99 Å². The SMILES string of the molecule is CN=C(NCc1ccc(COC2CCOCC2)cc1)NCC1(CCOC)CCCC1. The topological polar surface area (TPSA) is 64.1 Å². The Morgan fingerprint density at radius 1 is 1.10 bits per heavy atom. The van der Waals surface area contributed by atoms with Crippen molar-refractivity contribution in [1.82, 2.24) is 10.6 Å². The molecule has 1 aromatic rings. The Kier molecular flexibility index (Phi) is 9.43. The minimum absolute atomic E-state index is 0.335. The molecule has 3 rings (SSSR count). The van der Waals surface area contributed by atoms with Crippen molar-refractivity contribution in [3.05, 3.63) is 35.4 Å². The third-order valence-electron chi connectivity index (χ3n) is 6.49. The van der Waals surface area contributed by atoms with Crippen LogP contribution in [-0.2, 0) is 27.4 Å². The first-order valence-corrected chi connectivity index (χ1v) is 11.4. The summed E-state index contributed by atoms with van der Waals surface area (Å²) in [6.07, 6.45) is 8.65. The van der Waals surface area contributed by atoms with Crippen molar-refractivity contribution >= 4 is 5.96 Å². The molecule has 0 atom stereocenters. The normalized spacial score (nSPS) is 19.7. The van der Waals surface area contributed by atoms with Crippen molar-refractivity contribution in [1.29, 1.82) is 0 Å². The van der Waals surface area contributed by atoms with Crippen LogP contribution in [0.2, 0.25) is 0 Å². The lowest BCUT2D eigenvalue weighted by molar-refractivity contribution is -0.0390. The largest absolute Gasteiger partial charge is 0.385 e. The highest BCUT2D eigenvalue weighted by atomic mass is 16.5. The number of methoxy groups -OCH3 is 1. The molecule has 1 saturated heterocycles. The average Bonchev–Trinajstić information content (AvgIpc) is 3.27. The van der Waals surface area contributed by atoms with Crippen molar-refractivity contribution in [3.8, 4) is 0 Å². The number of guanidine groups is 1. The number of aliphatic imine (C=N–C) groups is 1. The Bertz CT molecular complexity index is 636. The van der Waals surface area contributed by atoms with E-state index in [2.05, 4.69) is 39.9 Å². The van der Waals surface area contributed by atoms with Crippen LogP contribution in [-0.4, -0.2) is 52.6 Å². The summed E-state index contributed by atoms with van der Waals surface area (Å²) in [5, 5.41) is 7.00. The standard InChI is InChI=1S/C24H39N3O3/c1-25-23(27-19-24(13-16-28-2)11-3-4-12-24)26-17-20-5-7-21(8-6-20)18-30-22-9-14-29-15-10-22/h5-8,22H,3-4,9-19H2,1-2H3,(H2,25,26,27). The fourth-order valence-electron chi connectivity index (χ4n) is 4.45. The van der Waals surface area contributed by atoms with Gasteiger partial charge in [0, 0.05) is 47.1 Å². The van der Waals surface area contributed by atoms with Crippen LogP contribution in [0.5, 0.6) is 0 Å². The van der Waals surface area contributed by atoms with Gasteiger partial charge in [-0.1, -0.05) is 37.1 Å². The molecule has 2 N–H and O–H groups in total. The Balaban J connectivity index is 1.40. The summed E-state index contributed by atoms with van der Waals surface area (Å²) in [6, 6.07) is 8.65. The molecule has 30 heavy (non-hydrogen) atoms. The van der Waals surface area contributed by atoms with E-state index in [9.17, 15) is 0 Å². The summed E-state index contributed by atoms with van der Waals surface area (Å²) in [5.41, 5.74) is 2.80. The Morgan fingerprint density at radius 2 is 1.80 bits per heavy atom. The lowest BCUT2D eigenvalue weighted by Gasteiger charge is -2.30. The third-order valence-corrected chi connectivity index (χ3v) is 6.49. The first kappa shape index (κ1) is 23.0. The number of hydrogen-bond donors (Lipinski definition) is 2. The summed E-state index contributed by atoms with van der Waals surface area (Å²) >= 11 is 0. The van der Waals surface area contributed by atoms with E-state index in [1.54, 1.807) is 7.11 Å². The number of benzene rings is 1. The van der Waals surface area contributed by atoms with E-state index in [4.69, 9.17) is 14.2 Å². The molecule has 2 fully saturated rings. The predicted octanol–water partition coefficient (Wildman–Crippen LogP) is 3.64. The fraction of sp³-hybridized carbons (Fsp3) is 0.708. The molecule has 1 aliphatic carbocycles. The molecule has 0 unspecified atom stereocenters. The fourth-order valence-corrected chi connectivity index (χ4v) is 4.45. The summed E-state index contributed by atoms with van der Waals surface area (Å²) in [7, 11) is 3.63. The maximum absolute atomic E-state index is 6.01. The highest BCUT2D eigenvalue weighted by Gasteiger charge is 2.33. The van der Waals surface area contributed by atoms with Crippen LogP contribution in [0, 0.1) is 5.41 Å². The predicted molar refractivity (Wildman–Crippen MR) is 121 cm³/mol. The minimum atomic E-state index is 0.335. The molecule has 0 amide bonds. The first-order valence-electron chi connectivity index (χ1n) is 11.4. The molecule has 1 heterocycles. The molecule has 6 heteroatoms. The van der Waals surface area contributed by atoms with Crippen molar-refractivity contribution in [2.24, 2.45) is 10.4 Å². The minimum Gasteiger partial charge on any atom is -0.385 e. The zero-order valence-electron chi connectivity index (χ0n) is 18.8. The van der Waals surface area contributed by atoms with Gasteiger partial charge in [-0.25, -0.2) is 0 Å². The second-order valence-electron chi connectivity index (χ2n) is 8.67. The average molecular weight is 418 g/mol. The van der Waals surface area contributed by atoms with Crippen LogP contribution in [0.4, 0.5) is 0 Å². The van der Waals surface area contributed by atoms with E-state index in [1.807, 2.05) is 7.05 Å². The molecule has 0 bridgehead atoms. The van der Waals surface area contributed by atoms with Gasteiger partial charge >= 0.3 is 0 Å². The molecular weight excluding hydrogens is 378 g/mol. The lowest BCUT2D eigenvalue weighted by Crippen LogP contribution is -2.43. The van der Waals surface area contributed by atoms with E-state index >= 15 is 0 Å². The van der Waals surface area contributed by atoms with Crippen molar-refractivity contribution in [3.63, 3.8) is 0 Å². The number of nitrogens with zero attached hydrogens (tertiary/aromatic N) is 1. The van der Waals surface area contributed by atoms with E-state index in [1.165, 1.54) is 36.8 Å². The second-order valence-corrected chi connectivity index (χ2v) is 8.67. The molecule has 168 valence electrons. The molecule has 0 radical (unpaired) electrons. The van der Waals surface area contributed by atoms with Gasteiger partial charge < -0.3 is 24.8 Å². The Morgan fingerprint density at radius 3 is 2.47 bits per heavy atom. The van der Waals surface area contributed by atoms with Gasteiger partial charge in [-0.05, 0) is 48.6 Å². The van der Waals surface area contributed by atoms with E-state index in [0.29, 0.717) is 18.1 Å². The summed E-state index contributed by atoms with van der Waals surface area (Å²) in [6.45, 7) is 4.85. The van der Waals surface area contributed by atoms with Gasteiger partial charge in [0.2, 0.25) is 0 Å². The zero-order valence-corrected chi connectivity index (χ0v) is 18.8. The van der Waals surface area contributed by atoms with Crippen LogP contribution in [0.1, 0.15) is 56.1 Å². The highest BCUT2D eigenvalue weighted by Crippen LogP contribution is 2.40. The van der Waals surface area contributed by atoms with Crippen LogP contribution < -0.4 is 10.6 Å². The Hall–Kier alpha value is -1.63. The maximum Gasteiger partial charge on any atom is 0.191 e. The maximum atomic E-state index is 6.01. The molecule has 1 aliphatic heterocycles. The van der Waals surface area contributed by atoms with E-state index in [-0.39, 0.29) is 0 Å². The Labute approximate surface area is 181 Å². The van der Waals surface area contributed by atoms with Crippen LogP contribution in [0.15, 0.2) is 29.3 Å². The quantitative estimate of drug-likeness (QED) is 0.449. The van der Waals surface area contributed by atoms with Gasteiger partial charge in [0.05, 0.1) is 12.7 Å². The molecule has 0 aromatic heterocycles.